The molecule has 0 amide bonds. The quantitative estimate of drug-likeness (QED) is 0.749. The van der Waals surface area contributed by atoms with Crippen molar-refractivity contribution in [3.63, 3.8) is 0 Å². The molecule has 4 N–H and O–H groups in total. The number of benzene rings is 1. The third-order valence-electron chi connectivity index (χ3n) is 2.98. The van der Waals surface area contributed by atoms with Crippen molar-refractivity contribution in [3.8, 4) is 0 Å². The number of carboxylic acid groups (broad SMARTS) is 1. The number of anilines is 2. The van der Waals surface area contributed by atoms with Gasteiger partial charge < -0.3 is 16.2 Å². The van der Waals surface area contributed by atoms with Crippen molar-refractivity contribution >= 4 is 28.7 Å². The van der Waals surface area contributed by atoms with E-state index in [1.165, 1.54) is 10.4 Å². The first-order valence-corrected chi connectivity index (χ1v) is 6.72. The Morgan fingerprint density at radius 3 is 2.74 bits per heavy atom. The summed E-state index contributed by atoms with van der Waals surface area (Å²) in [4.78, 5) is 13.6. The lowest BCUT2D eigenvalue weighted by atomic mass is 10.1. The second-order valence-corrected chi connectivity index (χ2v) is 5.72. The van der Waals surface area contributed by atoms with Gasteiger partial charge in [0, 0.05) is 16.3 Å². The third kappa shape index (κ3) is 2.88. The predicted molar refractivity (Wildman–Crippen MR) is 78.9 cm³/mol. The molecule has 2 rings (SSSR count). The van der Waals surface area contributed by atoms with Crippen molar-refractivity contribution in [2.75, 3.05) is 11.1 Å². The molecule has 0 bridgehead atoms. The molecule has 100 valence electrons. The van der Waals surface area contributed by atoms with Gasteiger partial charge in [-0.2, -0.15) is 0 Å². The highest BCUT2D eigenvalue weighted by Crippen LogP contribution is 2.26. The van der Waals surface area contributed by atoms with E-state index in [0.29, 0.717) is 17.9 Å². The molecule has 1 aromatic carbocycles. The monoisotopic (exact) mass is 276 g/mol. The van der Waals surface area contributed by atoms with Crippen LogP contribution in [-0.2, 0) is 6.54 Å². The number of rotatable bonds is 4. The average molecular weight is 276 g/mol. The largest absolute Gasteiger partial charge is 0.478 e. The minimum Gasteiger partial charge on any atom is -0.478 e. The molecule has 0 atom stereocenters. The lowest BCUT2D eigenvalue weighted by Crippen LogP contribution is -2.08. The summed E-state index contributed by atoms with van der Waals surface area (Å²) in [6, 6.07) is 6.99. The number of hydrogen-bond acceptors (Lipinski definition) is 4. The SMILES string of the molecule is Cc1cc(CNc2c(N)cccc2C(=O)O)sc1C. The highest BCUT2D eigenvalue weighted by molar-refractivity contribution is 7.12. The minimum absolute atomic E-state index is 0.199. The van der Waals surface area contributed by atoms with E-state index in [9.17, 15) is 4.79 Å². The molecule has 0 aliphatic carbocycles. The lowest BCUT2D eigenvalue weighted by molar-refractivity contribution is 0.0698. The average Bonchev–Trinajstić information content (AvgIpc) is 2.67. The van der Waals surface area contributed by atoms with Crippen molar-refractivity contribution in [1.29, 1.82) is 0 Å². The molecule has 0 spiro atoms. The first-order valence-electron chi connectivity index (χ1n) is 5.90. The highest BCUT2D eigenvalue weighted by Gasteiger charge is 2.12. The zero-order valence-corrected chi connectivity index (χ0v) is 11.7. The van der Waals surface area contributed by atoms with Crippen molar-refractivity contribution in [2.45, 2.75) is 20.4 Å². The van der Waals surface area contributed by atoms with E-state index < -0.39 is 5.97 Å². The van der Waals surface area contributed by atoms with Crippen molar-refractivity contribution in [3.05, 3.63) is 45.1 Å². The van der Waals surface area contributed by atoms with Crippen LogP contribution in [0.1, 0.15) is 25.7 Å². The number of carboxylic acids is 1. The van der Waals surface area contributed by atoms with Gasteiger partial charge in [0.05, 0.1) is 16.9 Å². The van der Waals surface area contributed by atoms with Gasteiger partial charge in [0.25, 0.3) is 0 Å². The smallest absolute Gasteiger partial charge is 0.337 e. The fourth-order valence-electron chi connectivity index (χ4n) is 1.86. The zero-order valence-electron chi connectivity index (χ0n) is 10.9. The van der Waals surface area contributed by atoms with Crippen molar-refractivity contribution in [1.82, 2.24) is 0 Å². The predicted octanol–water partition coefficient (Wildman–Crippen LogP) is 3.26. The number of aryl methyl sites for hydroxylation is 2. The maximum Gasteiger partial charge on any atom is 0.337 e. The van der Waals surface area contributed by atoms with Crippen LogP contribution in [0, 0.1) is 13.8 Å². The van der Waals surface area contributed by atoms with Crippen molar-refractivity contribution < 1.29 is 9.90 Å². The number of nitrogens with one attached hydrogen (secondary N) is 1. The molecular weight excluding hydrogens is 260 g/mol. The second kappa shape index (κ2) is 5.32. The van der Waals surface area contributed by atoms with Crippen LogP contribution in [0.2, 0.25) is 0 Å². The molecular formula is C14H16N2O2S. The number of para-hydroxylation sites is 1. The third-order valence-corrected chi connectivity index (χ3v) is 4.14. The Kier molecular flexibility index (Phi) is 3.76. The molecule has 4 nitrogen and oxygen atoms in total. The van der Waals surface area contributed by atoms with Crippen LogP contribution < -0.4 is 11.1 Å². The molecule has 2 aromatic rings. The zero-order chi connectivity index (χ0) is 14.0. The van der Waals surface area contributed by atoms with E-state index in [4.69, 9.17) is 10.8 Å². The molecule has 0 aliphatic heterocycles. The number of carbonyl (C=O) groups is 1. The molecule has 0 saturated carbocycles. The maximum absolute atomic E-state index is 11.2. The van der Waals surface area contributed by atoms with Crippen LogP contribution in [0.4, 0.5) is 11.4 Å². The van der Waals surface area contributed by atoms with E-state index in [0.717, 1.165) is 4.88 Å². The van der Waals surface area contributed by atoms with Gasteiger partial charge in [-0.25, -0.2) is 4.79 Å². The molecule has 0 radical (unpaired) electrons. The van der Waals surface area contributed by atoms with Crippen molar-refractivity contribution in [2.24, 2.45) is 0 Å². The Labute approximate surface area is 115 Å². The summed E-state index contributed by atoms with van der Waals surface area (Å²) in [5.74, 6) is -0.978. The molecule has 0 saturated heterocycles. The highest BCUT2D eigenvalue weighted by atomic mass is 32.1. The Morgan fingerprint density at radius 2 is 2.16 bits per heavy atom. The normalized spacial score (nSPS) is 10.4. The van der Waals surface area contributed by atoms with Gasteiger partial charge in [-0.1, -0.05) is 6.07 Å². The van der Waals surface area contributed by atoms with E-state index in [1.807, 2.05) is 0 Å². The van der Waals surface area contributed by atoms with Crippen LogP contribution >= 0.6 is 11.3 Å². The fraction of sp³-hybridized carbons (Fsp3) is 0.214. The van der Waals surface area contributed by atoms with Gasteiger partial charge in [-0.3, -0.25) is 0 Å². The van der Waals surface area contributed by atoms with E-state index in [-0.39, 0.29) is 5.56 Å². The number of nitrogens with two attached hydrogens (primary N) is 1. The number of aromatic carboxylic acids is 1. The van der Waals surface area contributed by atoms with E-state index in [2.05, 4.69) is 25.2 Å². The van der Waals surface area contributed by atoms with Crippen LogP contribution in [0.25, 0.3) is 0 Å². The van der Waals surface area contributed by atoms with E-state index >= 15 is 0 Å². The lowest BCUT2D eigenvalue weighted by Gasteiger charge is -2.11. The molecule has 0 unspecified atom stereocenters. The van der Waals surface area contributed by atoms with Crippen LogP contribution in [0.3, 0.4) is 0 Å². The van der Waals surface area contributed by atoms with Crippen LogP contribution in [-0.4, -0.2) is 11.1 Å². The summed E-state index contributed by atoms with van der Waals surface area (Å²) in [5, 5.41) is 12.3. The Bertz CT molecular complexity index is 600. The molecule has 0 fully saturated rings. The summed E-state index contributed by atoms with van der Waals surface area (Å²) in [6.07, 6.45) is 0. The number of thiophene rings is 1. The van der Waals surface area contributed by atoms with Gasteiger partial charge in [-0.15, -0.1) is 11.3 Å². The minimum atomic E-state index is -0.978. The van der Waals surface area contributed by atoms with Gasteiger partial charge >= 0.3 is 5.97 Å². The molecule has 19 heavy (non-hydrogen) atoms. The Morgan fingerprint density at radius 1 is 1.42 bits per heavy atom. The van der Waals surface area contributed by atoms with Gasteiger partial charge in [0.2, 0.25) is 0 Å². The summed E-state index contributed by atoms with van der Waals surface area (Å²) in [7, 11) is 0. The Balaban J connectivity index is 2.21. The molecule has 0 aliphatic rings. The standard InChI is InChI=1S/C14H16N2O2S/c1-8-6-10(19-9(8)2)7-16-13-11(14(17)18)4-3-5-12(13)15/h3-6,16H,7,15H2,1-2H3,(H,17,18). The van der Waals surface area contributed by atoms with Gasteiger partial charge in [0.1, 0.15) is 0 Å². The first kappa shape index (κ1) is 13.4. The summed E-state index contributed by atoms with van der Waals surface area (Å²) < 4.78 is 0. The molecule has 5 heteroatoms. The van der Waals surface area contributed by atoms with Gasteiger partial charge in [0.15, 0.2) is 0 Å². The number of hydrogen-bond donors (Lipinski definition) is 3. The summed E-state index contributed by atoms with van der Waals surface area (Å²) in [5.41, 5.74) is 8.22. The molecule has 1 heterocycles. The summed E-state index contributed by atoms with van der Waals surface area (Å²) >= 11 is 1.70. The van der Waals surface area contributed by atoms with Gasteiger partial charge in [-0.05, 0) is 37.6 Å². The Hall–Kier alpha value is -2.01. The van der Waals surface area contributed by atoms with E-state index in [1.54, 1.807) is 29.5 Å². The van der Waals surface area contributed by atoms with Crippen LogP contribution in [0.5, 0.6) is 0 Å². The first-order chi connectivity index (χ1) is 8.99. The topological polar surface area (TPSA) is 75.3 Å². The molecule has 1 aromatic heterocycles. The summed E-state index contributed by atoms with van der Waals surface area (Å²) in [6.45, 7) is 4.71. The maximum atomic E-state index is 11.2. The van der Waals surface area contributed by atoms with Crippen LogP contribution in [0.15, 0.2) is 24.3 Å². The second-order valence-electron chi connectivity index (χ2n) is 4.38. The fourth-order valence-corrected chi connectivity index (χ4v) is 2.85. The number of nitrogen functional groups attached to an aromatic ring is 1.